The Bertz CT molecular complexity index is 7290. The summed E-state index contributed by atoms with van der Waals surface area (Å²) in [6.45, 7) is 0. The molecule has 4 aliphatic carbocycles. The molecule has 0 saturated heterocycles. The summed E-state index contributed by atoms with van der Waals surface area (Å²) in [4.78, 5) is 6.52. The Morgan fingerprint density at radius 3 is 0.686 bits per heavy atom. The highest BCUT2D eigenvalue weighted by atomic mass is 35.5. The van der Waals surface area contributed by atoms with Gasteiger partial charge < -0.3 is 4.74 Å². The Kier molecular flexibility index (Phi) is 2.12. The van der Waals surface area contributed by atoms with Crippen molar-refractivity contribution in [2.75, 3.05) is 0 Å². The average molecular weight is 874 g/mol. The molecule has 5 aliphatic rings. The van der Waals surface area contributed by atoms with Gasteiger partial charge in [-0.1, -0.05) is 23.7 Å². The maximum atomic E-state index is 8.48. The Morgan fingerprint density at radius 2 is 0.457 bits per heavy atom. The third-order valence-corrected chi connectivity index (χ3v) is 25.1. The van der Waals surface area contributed by atoms with Crippen molar-refractivity contribution in [2.45, 2.75) is 11.1 Å². The lowest BCUT2D eigenvalue weighted by atomic mass is 9.60. The Hall–Kier alpha value is -8.56. The van der Waals surface area contributed by atoms with Crippen LogP contribution in [0, 0.1) is 0 Å². The molecule has 290 valence electrons. The third-order valence-electron chi connectivity index (χ3n) is 24.8. The predicted octanol–water partition coefficient (Wildman–Crippen LogP) is 18.3. The van der Waals surface area contributed by atoms with E-state index in [-0.39, 0.29) is 0 Å². The van der Waals surface area contributed by atoms with Crippen molar-refractivity contribution < 1.29 is 4.74 Å². The van der Waals surface area contributed by atoms with E-state index >= 15 is 0 Å². The minimum absolute atomic E-state index is 0.713. The highest BCUT2D eigenvalue weighted by Gasteiger charge is 2.75. The molecule has 0 radical (unpaired) electrons. The van der Waals surface area contributed by atoms with Crippen LogP contribution in [0.2, 0.25) is 5.02 Å². The minimum Gasteiger partial charge on any atom is -0.457 e. The summed E-state index contributed by atoms with van der Waals surface area (Å²) in [6.07, 6.45) is 0. The molecular weight excluding hydrogens is 870 g/mol. The molecule has 0 aromatic heterocycles. The molecule has 0 atom stereocenters. The molecular formula is C67H4ClNO. The fourth-order valence-electron chi connectivity index (χ4n) is 24.6. The number of rotatable bonds is 1. The molecule has 1 heterocycles. The zero-order valence-corrected chi connectivity index (χ0v) is 35.8. The van der Waals surface area contributed by atoms with Crippen LogP contribution in [0.15, 0.2) is 29.3 Å². The Balaban J connectivity index is 1.18. The first-order chi connectivity index (χ1) is 34.8. The van der Waals surface area contributed by atoms with Crippen LogP contribution < -0.4 is 0 Å². The maximum absolute atomic E-state index is 8.48. The molecule has 34 rings (SSSR count). The molecule has 29 aromatic rings. The first-order valence-electron chi connectivity index (χ1n) is 25.6. The zero-order valence-electron chi connectivity index (χ0n) is 35.0. The van der Waals surface area contributed by atoms with E-state index in [0.29, 0.717) is 5.02 Å². The molecule has 0 amide bonds. The van der Waals surface area contributed by atoms with Gasteiger partial charge in [0.05, 0.1) is 10.6 Å². The van der Waals surface area contributed by atoms with E-state index < -0.39 is 11.1 Å². The van der Waals surface area contributed by atoms with Crippen LogP contribution in [-0.4, -0.2) is 5.90 Å². The van der Waals surface area contributed by atoms with Gasteiger partial charge in [-0.15, -0.1) is 0 Å². The summed E-state index contributed by atoms with van der Waals surface area (Å²) in [7, 11) is 0. The van der Waals surface area contributed by atoms with Gasteiger partial charge in [0.2, 0.25) is 5.90 Å². The average Bonchev–Trinajstić information content (AvgIpc) is 4.25. The topological polar surface area (TPSA) is 21.6 Å². The van der Waals surface area contributed by atoms with Crippen LogP contribution in [0.1, 0.15) is 27.8 Å². The molecule has 0 unspecified atom stereocenters. The molecule has 2 spiro atoms. The molecule has 1 aliphatic heterocycles. The molecule has 29 aromatic carbocycles. The number of hydrogen-bond acceptors (Lipinski definition) is 2. The first-order valence-corrected chi connectivity index (χ1v) is 26.0. The molecule has 0 bridgehead atoms. The van der Waals surface area contributed by atoms with Crippen LogP contribution in [-0.2, 0) is 15.9 Å². The van der Waals surface area contributed by atoms with Gasteiger partial charge in [0, 0.05) is 22.3 Å². The highest BCUT2D eigenvalue weighted by Crippen LogP contribution is 2.85. The van der Waals surface area contributed by atoms with E-state index in [1.807, 2.05) is 6.07 Å². The summed E-state index contributed by atoms with van der Waals surface area (Å²) in [5.41, 5.74) is 5.05. The van der Waals surface area contributed by atoms with Gasteiger partial charge in [-0.3, -0.25) is 0 Å². The summed E-state index contributed by atoms with van der Waals surface area (Å²) in [5.74, 6) is 0.723. The Morgan fingerprint density at radius 1 is 0.257 bits per heavy atom. The lowest BCUT2D eigenvalue weighted by Gasteiger charge is -2.46. The molecule has 0 saturated carbocycles. The molecule has 2 nitrogen and oxygen atoms in total. The molecule has 0 N–H and O–H groups in total. The Labute approximate surface area is 384 Å². The van der Waals surface area contributed by atoms with Gasteiger partial charge >= 0.3 is 0 Å². The second kappa shape index (κ2) is 5.77. The van der Waals surface area contributed by atoms with Crippen LogP contribution in [0.3, 0.4) is 0 Å². The van der Waals surface area contributed by atoms with Crippen LogP contribution >= 0.6 is 11.6 Å². The van der Waals surface area contributed by atoms with E-state index in [2.05, 4.69) is 18.2 Å². The number of halogens is 1. The summed E-state index contributed by atoms with van der Waals surface area (Å²) in [6, 6.07) is 8.43. The maximum Gasteiger partial charge on any atom is 0.220 e. The van der Waals surface area contributed by atoms with Crippen molar-refractivity contribution in [1.29, 1.82) is 0 Å². The summed E-state index contributed by atoms with van der Waals surface area (Å²) < 4.78 is 8.48. The van der Waals surface area contributed by atoms with Crippen molar-refractivity contribution in [3.63, 3.8) is 0 Å². The lowest BCUT2D eigenvalue weighted by molar-refractivity contribution is 0.0712. The monoisotopic (exact) mass is 873 g/mol. The van der Waals surface area contributed by atoms with Crippen molar-refractivity contribution >= 4 is 308 Å². The number of ether oxygens (including phenoxy) is 1. The first kappa shape index (κ1) is 25.7. The minimum atomic E-state index is -0.896. The normalized spacial score (nSPS) is 22.4. The standard InChI is InChI=1S/C67H4ClNO/c68-6-4-2-1-3-5(6)65-69-66-61-53-45-35-25-17-9-7-8-11-15-13(9)21-29-23(15)33-27-19(11)20-12(8)16-14-10(7)18(17)26-32-22(14)30-24(16)34-28(20)38-37(27)49-43(33)51-41(29)47(39(45)31(21)25)55(61)57(51)63-59(49)60-50(38)44(34)52-42(30)48-40(32)46(36(26)35)54(53)62(66)56(48)58(52)64(60)67(63,66)70-65/h1-4H. The molecule has 3 heteroatoms. The van der Waals surface area contributed by atoms with Crippen molar-refractivity contribution in [1.82, 2.24) is 0 Å². The lowest BCUT2D eigenvalue weighted by Crippen LogP contribution is -2.49. The van der Waals surface area contributed by atoms with Crippen molar-refractivity contribution in [3.8, 4) is 0 Å². The van der Waals surface area contributed by atoms with Crippen LogP contribution in [0.25, 0.3) is 291 Å². The largest absolute Gasteiger partial charge is 0.457 e. The SMILES string of the molecule is Clc1ccccc1C1=NC23c4c5c6c7c8c9c(c%10c%11c2c2c4c4c%12c5c5c6c6c8c8c%13c9c9c%10c%10c%11c%11c2c2c4c4c%12c%12c5c5c6c8c6c8c%13c9c9c%10c%10c%11c2c2c4c4c%12c5c6c5c8c9c%10c2c45)C73O1. The highest BCUT2D eigenvalue weighted by molar-refractivity contribution is 6.82. The van der Waals surface area contributed by atoms with Crippen LogP contribution in [0.4, 0.5) is 0 Å². The predicted molar refractivity (Wildman–Crippen MR) is 293 cm³/mol. The second-order valence-corrected chi connectivity index (χ2v) is 25.5. The van der Waals surface area contributed by atoms with E-state index in [4.69, 9.17) is 21.3 Å². The quantitative estimate of drug-likeness (QED) is 0.151. The fraction of sp³-hybridized carbons (Fsp3) is 0.0299. The smallest absolute Gasteiger partial charge is 0.220 e. The number of benzene rings is 19. The van der Waals surface area contributed by atoms with Crippen molar-refractivity contribution in [2.24, 2.45) is 4.99 Å². The van der Waals surface area contributed by atoms with Gasteiger partial charge in [0.15, 0.2) is 11.1 Å². The molecule has 70 heavy (non-hydrogen) atoms. The van der Waals surface area contributed by atoms with E-state index in [1.54, 1.807) is 248 Å². The van der Waals surface area contributed by atoms with Gasteiger partial charge in [-0.05, 0) is 303 Å². The summed E-state index contributed by atoms with van der Waals surface area (Å²) >= 11 is 7.43. The third kappa shape index (κ3) is 1.34. The second-order valence-electron chi connectivity index (χ2n) is 25.1. The van der Waals surface area contributed by atoms with Gasteiger partial charge in [-0.25, -0.2) is 4.99 Å². The van der Waals surface area contributed by atoms with Gasteiger partial charge in [0.25, 0.3) is 0 Å². The summed E-state index contributed by atoms with van der Waals surface area (Å²) in [5, 5.41) is 86.1. The van der Waals surface area contributed by atoms with E-state index in [1.165, 1.54) is 65.3 Å². The van der Waals surface area contributed by atoms with E-state index in [9.17, 15) is 0 Å². The van der Waals surface area contributed by atoms with Crippen LogP contribution in [0.5, 0.6) is 0 Å². The number of hydrogen-bond donors (Lipinski definition) is 0. The van der Waals surface area contributed by atoms with Crippen molar-refractivity contribution in [3.05, 3.63) is 57.1 Å². The number of nitrogens with zero attached hydrogens (tertiary/aromatic N) is 1. The fourth-order valence-corrected chi connectivity index (χ4v) is 24.8. The van der Waals surface area contributed by atoms with Gasteiger partial charge in [0.1, 0.15) is 0 Å². The molecule has 0 fully saturated rings. The van der Waals surface area contributed by atoms with Gasteiger partial charge in [-0.2, -0.15) is 0 Å². The number of aliphatic imine (C=N–C) groups is 1. The zero-order chi connectivity index (χ0) is 41.5. The van der Waals surface area contributed by atoms with E-state index in [0.717, 1.165) is 11.5 Å².